The zero-order valence-corrected chi connectivity index (χ0v) is 15.5. The Kier molecular flexibility index (Phi) is 5.40. The molecule has 0 spiro atoms. The summed E-state index contributed by atoms with van der Waals surface area (Å²) < 4.78 is 7.03. The first-order valence-electron chi connectivity index (χ1n) is 9.06. The second-order valence-corrected chi connectivity index (χ2v) is 6.94. The molecule has 0 N–H and O–H groups in total. The predicted molar refractivity (Wildman–Crippen MR) is 98.2 cm³/mol. The van der Waals surface area contributed by atoms with E-state index in [0.29, 0.717) is 5.56 Å². The van der Waals surface area contributed by atoms with Crippen molar-refractivity contribution < 1.29 is 14.3 Å². The van der Waals surface area contributed by atoms with Crippen molar-refractivity contribution >= 4 is 11.9 Å². The Morgan fingerprint density at radius 2 is 1.77 bits per heavy atom. The number of hydrogen-bond acceptors (Lipinski definition) is 4. The number of carbonyl (C=O) groups excluding carboxylic acids is 2. The number of rotatable bonds is 4. The van der Waals surface area contributed by atoms with Gasteiger partial charge >= 0.3 is 5.97 Å². The molecule has 1 aliphatic rings. The fourth-order valence-corrected chi connectivity index (χ4v) is 3.58. The summed E-state index contributed by atoms with van der Waals surface area (Å²) in [4.78, 5) is 26.5. The van der Waals surface area contributed by atoms with Crippen molar-refractivity contribution in [3.63, 3.8) is 0 Å². The number of hydrogen-bond donors (Lipinski definition) is 0. The average Bonchev–Trinajstić information content (AvgIpc) is 3.05. The molecule has 0 radical (unpaired) electrons. The number of likely N-dealkylation sites (tertiary alicyclic amines) is 1. The number of nitrogens with zero attached hydrogens (tertiary/aromatic N) is 3. The van der Waals surface area contributed by atoms with Gasteiger partial charge in [0.05, 0.1) is 11.3 Å². The van der Waals surface area contributed by atoms with Crippen LogP contribution in [0, 0.1) is 6.92 Å². The van der Waals surface area contributed by atoms with Crippen molar-refractivity contribution in [2.24, 2.45) is 0 Å². The third-order valence-electron chi connectivity index (χ3n) is 4.99. The van der Waals surface area contributed by atoms with Gasteiger partial charge < -0.3 is 9.64 Å². The minimum Gasteiger partial charge on any atom is -0.452 e. The monoisotopic (exact) mass is 355 g/mol. The quantitative estimate of drug-likeness (QED) is 0.791. The molecule has 26 heavy (non-hydrogen) atoms. The van der Waals surface area contributed by atoms with Gasteiger partial charge in [0.2, 0.25) is 0 Å². The van der Waals surface area contributed by atoms with E-state index in [0.717, 1.165) is 30.6 Å². The highest BCUT2D eigenvalue weighted by Crippen LogP contribution is 2.22. The number of aromatic nitrogens is 2. The van der Waals surface area contributed by atoms with Crippen molar-refractivity contribution in [2.45, 2.75) is 52.1 Å². The van der Waals surface area contributed by atoms with Gasteiger partial charge in [-0.15, -0.1) is 0 Å². The Labute approximate surface area is 153 Å². The number of benzene rings is 1. The molecule has 0 bridgehead atoms. The van der Waals surface area contributed by atoms with Crippen LogP contribution in [0.4, 0.5) is 0 Å². The van der Waals surface area contributed by atoms with Crippen LogP contribution in [-0.4, -0.2) is 45.2 Å². The van der Waals surface area contributed by atoms with E-state index >= 15 is 0 Å². The summed E-state index contributed by atoms with van der Waals surface area (Å²) in [5, 5.41) is 4.24. The van der Waals surface area contributed by atoms with Crippen molar-refractivity contribution in [1.29, 1.82) is 0 Å². The van der Waals surface area contributed by atoms with Gasteiger partial charge in [-0.3, -0.25) is 4.79 Å². The van der Waals surface area contributed by atoms with Gasteiger partial charge in [-0.25, -0.2) is 9.48 Å². The summed E-state index contributed by atoms with van der Waals surface area (Å²) in [7, 11) is 0. The lowest BCUT2D eigenvalue weighted by molar-refractivity contribution is -0.140. The molecule has 3 rings (SSSR count). The van der Waals surface area contributed by atoms with E-state index < -0.39 is 5.97 Å². The summed E-state index contributed by atoms with van der Waals surface area (Å²) in [5.74, 6) is -0.610. The lowest BCUT2D eigenvalue weighted by Gasteiger charge is -2.38. The van der Waals surface area contributed by atoms with Crippen LogP contribution >= 0.6 is 0 Å². The summed E-state index contributed by atoms with van der Waals surface area (Å²) in [6.07, 6.45) is 4.86. The summed E-state index contributed by atoms with van der Waals surface area (Å²) in [5.41, 5.74) is 2.30. The fraction of sp³-hybridized carbons (Fsp3) is 0.450. The molecule has 2 heterocycles. The van der Waals surface area contributed by atoms with Gasteiger partial charge in [0, 0.05) is 24.0 Å². The normalized spacial score (nSPS) is 20.0. The van der Waals surface area contributed by atoms with Gasteiger partial charge in [0.25, 0.3) is 5.91 Å². The minimum absolute atomic E-state index is 0.123. The van der Waals surface area contributed by atoms with Crippen LogP contribution in [0.5, 0.6) is 0 Å². The number of amides is 1. The lowest BCUT2D eigenvalue weighted by Crippen LogP contribution is -2.49. The van der Waals surface area contributed by atoms with E-state index in [9.17, 15) is 9.59 Å². The molecule has 6 heteroatoms. The fourth-order valence-electron chi connectivity index (χ4n) is 3.58. The van der Waals surface area contributed by atoms with Gasteiger partial charge in [-0.05, 0) is 70.4 Å². The van der Waals surface area contributed by atoms with E-state index in [4.69, 9.17) is 4.74 Å². The Balaban J connectivity index is 1.60. The highest BCUT2D eigenvalue weighted by atomic mass is 16.5. The average molecular weight is 355 g/mol. The SMILES string of the molecule is Cc1ccnn1-c1ccc(C(=O)OCC(=O)N2[C@H](C)CCC[C@@H]2C)cc1. The zero-order chi connectivity index (χ0) is 18.7. The summed E-state index contributed by atoms with van der Waals surface area (Å²) in [6.45, 7) is 5.84. The number of piperidine rings is 1. The first kappa shape index (κ1) is 18.2. The zero-order valence-electron chi connectivity index (χ0n) is 15.5. The minimum atomic E-state index is -0.487. The molecule has 1 amide bonds. The van der Waals surface area contributed by atoms with Crippen LogP contribution in [-0.2, 0) is 9.53 Å². The second-order valence-electron chi connectivity index (χ2n) is 6.94. The Hall–Kier alpha value is -2.63. The van der Waals surface area contributed by atoms with E-state index in [-0.39, 0.29) is 24.6 Å². The largest absolute Gasteiger partial charge is 0.452 e. The molecular weight excluding hydrogens is 330 g/mol. The predicted octanol–water partition coefficient (Wildman–Crippen LogP) is 3.13. The highest BCUT2D eigenvalue weighted by molar-refractivity contribution is 5.91. The topological polar surface area (TPSA) is 64.4 Å². The second kappa shape index (κ2) is 7.72. The number of carbonyl (C=O) groups is 2. The first-order chi connectivity index (χ1) is 12.5. The van der Waals surface area contributed by atoms with Gasteiger partial charge in [-0.2, -0.15) is 5.10 Å². The molecule has 1 aliphatic heterocycles. The molecular formula is C20H25N3O3. The molecule has 0 unspecified atom stereocenters. The van der Waals surface area contributed by atoms with Crippen LogP contribution in [0.2, 0.25) is 0 Å². The number of aryl methyl sites for hydroxylation is 1. The molecule has 6 nitrogen and oxygen atoms in total. The standard InChI is InChI=1S/C20H25N3O3/c1-14-5-4-6-15(2)22(14)19(24)13-26-20(25)17-7-9-18(10-8-17)23-16(3)11-12-21-23/h7-12,14-15H,4-6,13H2,1-3H3/t14-,15+. The molecule has 0 aliphatic carbocycles. The van der Waals surface area contributed by atoms with E-state index in [1.807, 2.05) is 43.9 Å². The van der Waals surface area contributed by atoms with E-state index in [1.54, 1.807) is 23.0 Å². The van der Waals surface area contributed by atoms with Crippen LogP contribution in [0.15, 0.2) is 36.5 Å². The Morgan fingerprint density at radius 1 is 1.12 bits per heavy atom. The molecule has 138 valence electrons. The Bertz CT molecular complexity index is 772. The maximum Gasteiger partial charge on any atom is 0.338 e. The van der Waals surface area contributed by atoms with Crippen molar-refractivity contribution in [3.05, 3.63) is 47.8 Å². The summed E-state index contributed by atoms with van der Waals surface area (Å²) in [6, 6.07) is 9.31. The molecule has 2 atom stereocenters. The van der Waals surface area contributed by atoms with Crippen LogP contribution < -0.4 is 0 Å². The van der Waals surface area contributed by atoms with Gasteiger partial charge in [-0.1, -0.05) is 0 Å². The smallest absolute Gasteiger partial charge is 0.338 e. The van der Waals surface area contributed by atoms with Crippen molar-refractivity contribution in [1.82, 2.24) is 14.7 Å². The van der Waals surface area contributed by atoms with E-state index in [1.165, 1.54) is 0 Å². The third-order valence-corrected chi connectivity index (χ3v) is 4.99. The molecule has 1 fully saturated rings. The Morgan fingerprint density at radius 3 is 2.35 bits per heavy atom. The van der Waals surface area contributed by atoms with Crippen molar-refractivity contribution in [3.8, 4) is 5.69 Å². The molecule has 1 aromatic heterocycles. The van der Waals surface area contributed by atoms with E-state index in [2.05, 4.69) is 5.10 Å². The van der Waals surface area contributed by atoms with Crippen LogP contribution in [0.1, 0.15) is 49.2 Å². The third kappa shape index (κ3) is 3.79. The molecule has 2 aromatic rings. The maximum absolute atomic E-state index is 12.4. The first-order valence-corrected chi connectivity index (χ1v) is 9.06. The molecule has 1 saturated heterocycles. The summed E-state index contributed by atoms with van der Waals surface area (Å²) >= 11 is 0. The number of ether oxygens (including phenoxy) is 1. The lowest BCUT2D eigenvalue weighted by atomic mass is 9.97. The van der Waals surface area contributed by atoms with Crippen LogP contribution in [0.3, 0.4) is 0 Å². The maximum atomic E-state index is 12.4. The van der Waals surface area contributed by atoms with Gasteiger partial charge in [0.15, 0.2) is 6.61 Å². The molecule has 1 aromatic carbocycles. The highest BCUT2D eigenvalue weighted by Gasteiger charge is 2.29. The van der Waals surface area contributed by atoms with Crippen LogP contribution in [0.25, 0.3) is 5.69 Å². The molecule has 0 saturated carbocycles. The van der Waals surface area contributed by atoms with Gasteiger partial charge in [0.1, 0.15) is 0 Å². The number of esters is 1. The van der Waals surface area contributed by atoms with Crippen molar-refractivity contribution in [2.75, 3.05) is 6.61 Å².